The van der Waals surface area contributed by atoms with Crippen LogP contribution in [0.15, 0.2) is 30.3 Å². The van der Waals surface area contributed by atoms with Crippen LogP contribution in [-0.2, 0) is 22.4 Å². The minimum atomic E-state index is -0.818. The molecule has 4 N–H and O–H groups in total. The second kappa shape index (κ2) is 8.49. The molecule has 1 unspecified atom stereocenters. The van der Waals surface area contributed by atoms with Gasteiger partial charge in [-0.2, -0.15) is 0 Å². The molecule has 0 saturated heterocycles. The van der Waals surface area contributed by atoms with Crippen molar-refractivity contribution in [3.63, 3.8) is 0 Å². The number of carbonyl (C=O) groups is 2. The molecule has 1 aliphatic rings. The van der Waals surface area contributed by atoms with Crippen LogP contribution in [0.5, 0.6) is 5.75 Å². The fraction of sp³-hybridized carbons (Fsp3) is 0.538. The second-order valence-corrected chi connectivity index (χ2v) is 11.1. The van der Waals surface area contributed by atoms with E-state index >= 15 is 0 Å². The maximum atomic E-state index is 13.6. The molecule has 0 bridgehead atoms. The van der Waals surface area contributed by atoms with E-state index < -0.39 is 22.9 Å². The van der Waals surface area contributed by atoms with Gasteiger partial charge in [-0.15, -0.1) is 0 Å². The van der Waals surface area contributed by atoms with Crippen molar-refractivity contribution in [2.45, 2.75) is 72.5 Å². The molecule has 2 aromatic rings. The molecular weight excluding hydrogens is 402 g/mol. The van der Waals surface area contributed by atoms with Crippen LogP contribution in [0.4, 0.5) is 0 Å². The number of rotatable bonds is 4. The topological polar surface area (TPSA) is 98.6 Å². The van der Waals surface area contributed by atoms with Crippen LogP contribution in [0.2, 0.25) is 0 Å². The van der Waals surface area contributed by atoms with E-state index in [0.717, 1.165) is 22.3 Å². The van der Waals surface area contributed by atoms with Crippen molar-refractivity contribution in [3.8, 4) is 5.75 Å². The average Bonchev–Trinajstić information content (AvgIpc) is 2.71. The van der Waals surface area contributed by atoms with Gasteiger partial charge in [-0.3, -0.25) is 14.5 Å². The van der Waals surface area contributed by atoms with Crippen molar-refractivity contribution in [2.75, 3.05) is 7.11 Å². The summed E-state index contributed by atoms with van der Waals surface area (Å²) < 4.78 is 5.50. The Labute approximate surface area is 191 Å². The van der Waals surface area contributed by atoms with E-state index in [1.54, 1.807) is 7.11 Å². The van der Waals surface area contributed by atoms with Gasteiger partial charge in [-0.25, -0.2) is 0 Å². The number of nitrogens with two attached hydrogens (primary N) is 2. The fourth-order valence-electron chi connectivity index (χ4n) is 4.29. The molecule has 0 spiro atoms. The summed E-state index contributed by atoms with van der Waals surface area (Å²) in [6, 6.07) is 8.14. The predicted molar refractivity (Wildman–Crippen MR) is 128 cm³/mol. The van der Waals surface area contributed by atoms with E-state index in [1.165, 1.54) is 10.3 Å². The summed E-state index contributed by atoms with van der Waals surface area (Å²) >= 11 is 0. The van der Waals surface area contributed by atoms with Crippen molar-refractivity contribution in [1.29, 1.82) is 0 Å². The van der Waals surface area contributed by atoms with Crippen LogP contribution in [0, 0.1) is 10.8 Å². The normalized spacial score (nSPS) is 18.2. The maximum absolute atomic E-state index is 13.6. The van der Waals surface area contributed by atoms with Gasteiger partial charge < -0.3 is 16.2 Å². The van der Waals surface area contributed by atoms with Gasteiger partial charge >= 0.3 is 0 Å². The first kappa shape index (κ1) is 24.2. The van der Waals surface area contributed by atoms with Crippen LogP contribution in [0.25, 0.3) is 10.8 Å². The zero-order valence-corrected chi connectivity index (χ0v) is 20.4. The summed E-state index contributed by atoms with van der Waals surface area (Å²) in [6.07, 6.45) is 1.11. The lowest BCUT2D eigenvalue weighted by Gasteiger charge is -2.40. The molecule has 1 aliphatic carbocycles. The standard InChI is InChI=1S/C26H37N3O3/c1-25(2,3)21(27)23(30)29(24(31)22(28)26(4,5)6)18-11-15-9-8-10-16-13-19(32-7)14-17(12-18)20(15)16/h8-10,13-14,18,21-22H,11-12,27-28H2,1-7H3/t18?,21-,22-/m1/s1. The molecule has 32 heavy (non-hydrogen) atoms. The summed E-state index contributed by atoms with van der Waals surface area (Å²) in [6.45, 7) is 11.4. The van der Waals surface area contributed by atoms with Gasteiger partial charge in [0.05, 0.1) is 19.2 Å². The van der Waals surface area contributed by atoms with E-state index in [0.29, 0.717) is 12.8 Å². The lowest BCUT2D eigenvalue weighted by atomic mass is 9.81. The monoisotopic (exact) mass is 439 g/mol. The van der Waals surface area contributed by atoms with Crippen LogP contribution in [0.1, 0.15) is 52.7 Å². The Bertz CT molecular complexity index is 1000. The number of carbonyl (C=O) groups excluding carboxylic acids is 2. The molecule has 6 nitrogen and oxygen atoms in total. The highest BCUT2D eigenvalue weighted by Gasteiger charge is 2.42. The van der Waals surface area contributed by atoms with Gasteiger partial charge in [0.2, 0.25) is 11.8 Å². The molecule has 6 heteroatoms. The highest BCUT2D eigenvalue weighted by atomic mass is 16.5. The van der Waals surface area contributed by atoms with Crippen molar-refractivity contribution in [1.82, 2.24) is 4.90 Å². The predicted octanol–water partition coefficient (Wildman–Crippen LogP) is 3.42. The van der Waals surface area contributed by atoms with Gasteiger partial charge in [0.15, 0.2) is 0 Å². The van der Waals surface area contributed by atoms with Crippen LogP contribution >= 0.6 is 0 Å². The molecule has 0 aliphatic heterocycles. The number of ether oxygens (including phenoxy) is 1. The summed E-state index contributed by atoms with van der Waals surface area (Å²) in [7, 11) is 1.64. The second-order valence-electron chi connectivity index (χ2n) is 11.1. The van der Waals surface area contributed by atoms with Crippen molar-refractivity contribution < 1.29 is 14.3 Å². The molecule has 0 fully saturated rings. The molecular formula is C26H37N3O3. The first-order valence-corrected chi connectivity index (χ1v) is 11.2. The van der Waals surface area contributed by atoms with Gasteiger partial charge in [-0.1, -0.05) is 59.7 Å². The SMILES string of the molecule is COc1cc2c3c(cccc3c1)CC(N(C(=O)[C@@H](N)C(C)(C)C)C(=O)[C@@H](N)C(C)(C)C)C2. The first-order chi connectivity index (χ1) is 14.8. The quantitative estimate of drug-likeness (QED) is 0.761. The molecule has 3 atom stereocenters. The Kier molecular flexibility index (Phi) is 6.42. The third kappa shape index (κ3) is 4.52. The third-order valence-corrected chi connectivity index (χ3v) is 6.50. The zero-order valence-electron chi connectivity index (χ0n) is 20.4. The van der Waals surface area contributed by atoms with Crippen LogP contribution < -0.4 is 16.2 Å². The summed E-state index contributed by atoms with van der Waals surface area (Å²) in [4.78, 5) is 28.6. The lowest BCUT2D eigenvalue weighted by molar-refractivity contribution is -0.152. The molecule has 0 aromatic heterocycles. The Hall–Kier alpha value is -2.44. The van der Waals surface area contributed by atoms with Gasteiger partial charge in [0, 0.05) is 6.04 Å². The number of amides is 2. The fourth-order valence-corrected chi connectivity index (χ4v) is 4.29. The molecule has 0 heterocycles. The summed E-state index contributed by atoms with van der Waals surface area (Å²) in [5, 5.41) is 2.27. The van der Waals surface area contributed by atoms with Crippen molar-refractivity contribution >= 4 is 22.6 Å². The summed E-state index contributed by atoms with van der Waals surface area (Å²) in [5.41, 5.74) is 13.9. The molecule has 0 saturated carbocycles. The number of benzene rings is 2. The molecule has 0 radical (unpaired) electrons. The van der Waals surface area contributed by atoms with Crippen LogP contribution in [0.3, 0.4) is 0 Å². The minimum absolute atomic E-state index is 0.359. The van der Waals surface area contributed by atoms with E-state index in [1.807, 2.05) is 59.7 Å². The maximum Gasteiger partial charge on any atom is 0.246 e. The van der Waals surface area contributed by atoms with Gasteiger partial charge in [0.1, 0.15) is 5.75 Å². The molecule has 2 amide bonds. The molecule has 3 rings (SSSR count). The smallest absolute Gasteiger partial charge is 0.246 e. The highest BCUT2D eigenvalue weighted by Crippen LogP contribution is 2.36. The highest BCUT2D eigenvalue weighted by molar-refractivity contribution is 6.01. The van der Waals surface area contributed by atoms with E-state index in [2.05, 4.69) is 12.1 Å². The number of hydrogen-bond acceptors (Lipinski definition) is 5. The van der Waals surface area contributed by atoms with E-state index in [9.17, 15) is 9.59 Å². The zero-order chi connectivity index (χ0) is 24.0. The van der Waals surface area contributed by atoms with E-state index in [-0.39, 0.29) is 17.9 Å². The summed E-state index contributed by atoms with van der Waals surface area (Å²) in [5.74, 6) is 0.0173. The number of nitrogens with zero attached hydrogens (tertiary/aromatic N) is 1. The first-order valence-electron chi connectivity index (χ1n) is 11.2. The Morgan fingerprint density at radius 1 is 0.938 bits per heavy atom. The number of hydrogen-bond donors (Lipinski definition) is 2. The minimum Gasteiger partial charge on any atom is -0.497 e. The van der Waals surface area contributed by atoms with Crippen molar-refractivity contribution in [3.05, 3.63) is 41.5 Å². The Morgan fingerprint density at radius 3 is 1.97 bits per heavy atom. The average molecular weight is 440 g/mol. The Balaban J connectivity index is 2.09. The van der Waals surface area contributed by atoms with Gasteiger partial charge in [-0.05, 0) is 57.7 Å². The number of methoxy groups -OCH3 is 1. The van der Waals surface area contributed by atoms with Crippen LogP contribution in [-0.4, -0.2) is 41.9 Å². The van der Waals surface area contributed by atoms with Crippen molar-refractivity contribution in [2.24, 2.45) is 22.3 Å². The lowest BCUT2D eigenvalue weighted by Crippen LogP contribution is -2.61. The van der Waals surface area contributed by atoms with E-state index in [4.69, 9.17) is 16.2 Å². The molecule has 174 valence electrons. The third-order valence-electron chi connectivity index (χ3n) is 6.50. The number of imide groups is 1. The van der Waals surface area contributed by atoms with Gasteiger partial charge in [0.25, 0.3) is 0 Å². The largest absolute Gasteiger partial charge is 0.497 e. The Morgan fingerprint density at radius 2 is 1.47 bits per heavy atom. The molecule has 2 aromatic carbocycles.